The molecule has 7 nitrogen and oxygen atoms in total. The number of likely N-dealkylation sites (N-methyl/N-ethyl adjacent to an activating group) is 1. The molecule has 158 valence electrons. The number of methoxy groups -OCH3 is 1. The van der Waals surface area contributed by atoms with Gasteiger partial charge in [0.15, 0.2) is 0 Å². The van der Waals surface area contributed by atoms with E-state index in [1.807, 2.05) is 36.4 Å². The van der Waals surface area contributed by atoms with Crippen molar-refractivity contribution in [2.45, 2.75) is 38.1 Å². The van der Waals surface area contributed by atoms with Crippen molar-refractivity contribution < 1.29 is 9.15 Å². The lowest BCUT2D eigenvalue weighted by atomic mass is 9.94. The van der Waals surface area contributed by atoms with Gasteiger partial charge < -0.3 is 19.4 Å². The zero-order valence-electron chi connectivity index (χ0n) is 17.7. The molecule has 30 heavy (non-hydrogen) atoms. The smallest absolute Gasteiger partial charge is 0.251 e. The minimum absolute atomic E-state index is 0.456. The summed E-state index contributed by atoms with van der Waals surface area (Å²) in [5.41, 5.74) is 1.66. The molecule has 1 aliphatic carbocycles. The van der Waals surface area contributed by atoms with E-state index < -0.39 is 0 Å². The molecule has 2 heterocycles. The van der Waals surface area contributed by atoms with Crippen molar-refractivity contribution in [2.75, 3.05) is 32.6 Å². The lowest BCUT2D eigenvalue weighted by molar-refractivity contribution is 0.198. The molecule has 1 saturated carbocycles. The van der Waals surface area contributed by atoms with Crippen LogP contribution in [0, 0.1) is 0 Å². The van der Waals surface area contributed by atoms with E-state index in [2.05, 4.69) is 32.4 Å². The Morgan fingerprint density at radius 1 is 1.07 bits per heavy atom. The van der Waals surface area contributed by atoms with Crippen LogP contribution in [-0.4, -0.2) is 53.4 Å². The van der Waals surface area contributed by atoms with Gasteiger partial charge in [0, 0.05) is 30.9 Å². The van der Waals surface area contributed by atoms with Crippen molar-refractivity contribution in [2.24, 2.45) is 0 Å². The van der Waals surface area contributed by atoms with Crippen LogP contribution in [0.5, 0.6) is 5.75 Å². The van der Waals surface area contributed by atoms with Crippen molar-refractivity contribution in [3.63, 3.8) is 0 Å². The highest BCUT2D eigenvalue weighted by Crippen LogP contribution is 2.29. The lowest BCUT2D eigenvalue weighted by Crippen LogP contribution is -2.36. The monoisotopic (exact) mass is 407 g/mol. The highest BCUT2D eigenvalue weighted by Gasteiger charge is 2.18. The number of rotatable bonds is 8. The normalized spacial score (nSPS) is 14.8. The van der Waals surface area contributed by atoms with E-state index >= 15 is 0 Å². The van der Waals surface area contributed by atoms with Crippen LogP contribution in [0.25, 0.3) is 22.9 Å². The molecule has 0 aliphatic heterocycles. The molecular weight excluding hydrogens is 378 g/mol. The maximum atomic E-state index is 5.94. The maximum absolute atomic E-state index is 5.94. The van der Waals surface area contributed by atoms with Crippen LogP contribution in [0.2, 0.25) is 0 Å². The molecule has 0 atom stereocenters. The Bertz CT molecular complexity index is 935. The lowest BCUT2D eigenvalue weighted by Gasteiger charge is -2.31. The van der Waals surface area contributed by atoms with E-state index in [0.29, 0.717) is 17.8 Å². The van der Waals surface area contributed by atoms with Crippen LogP contribution in [0.4, 0.5) is 5.82 Å². The van der Waals surface area contributed by atoms with Crippen molar-refractivity contribution in [1.82, 2.24) is 20.1 Å². The number of benzene rings is 1. The zero-order chi connectivity index (χ0) is 20.8. The summed E-state index contributed by atoms with van der Waals surface area (Å²) in [6.07, 6.45) is 8.46. The van der Waals surface area contributed by atoms with Crippen molar-refractivity contribution in [1.29, 1.82) is 0 Å². The van der Waals surface area contributed by atoms with Gasteiger partial charge in [-0.25, -0.2) is 4.98 Å². The van der Waals surface area contributed by atoms with E-state index in [1.54, 1.807) is 13.3 Å². The number of pyridine rings is 1. The zero-order valence-corrected chi connectivity index (χ0v) is 17.7. The summed E-state index contributed by atoms with van der Waals surface area (Å²) in [7, 11) is 3.86. The molecule has 0 spiro atoms. The molecule has 0 radical (unpaired) electrons. The van der Waals surface area contributed by atoms with E-state index in [0.717, 1.165) is 35.8 Å². The summed E-state index contributed by atoms with van der Waals surface area (Å²) in [5, 5.41) is 11.9. The first-order valence-electron chi connectivity index (χ1n) is 10.6. The predicted molar refractivity (Wildman–Crippen MR) is 118 cm³/mol. The summed E-state index contributed by atoms with van der Waals surface area (Å²) >= 11 is 0. The van der Waals surface area contributed by atoms with E-state index in [-0.39, 0.29) is 0 Å². The fourth-order valence-corrected chi connectivity index (χ4v) is 3.96. The molecule has 0 amide bonds. The van der Waals surface area contributed by atoms with Gasteiger partial charge in [-0.3, -0.25) is 0 Å². The molecule has 0 unspecified atom stereocenters. The maximum Gasteiger partial charge on any atom is 0.251 e. The van der Waals surface area contributed by atoms with Crippen LogP contribution in [-0.2, 0) is 0 Å². The molecule has 7 heteroatoms. The van der Waals surface area contributed by atoms with Gasteiger partial charge >= 0.3 is 0 Å². The number of hydrogen-bond acceptors (Lipinski definition) is 7. The first-order valence-corrected chi connectivity index (χ1v) is 10.6. The number of anilines is 1. The third-order valence-electron chi connectivity index (χ3n) is 5.76. The summed E-state index contributed by atoms with van der Waals surface area (Å²) in [6, 6.07) is 12.1. The Hall–Kier alpha value is -2.93. The van der Waals surface area contributed by atoms with E-state index in [1.165, 1.54) is 32.1 Å². The van der Waals surface area contributed by atoms with Gasteiger partial charge in [0.1, 0.15) is 11.6 Å². The molecule has 3 aromatic rings. The third kappa shape index (κ3) is 4.79. The number of hydrogen-bond donors (Lipinski definition) is 1. The first-order chi connectivity index (χ1) is 14.7. The van der Waals surface area contributed by atoms with Crippen molar-refractivity contribution >= 4 is 5.82 Å². The number of nitrogens with one attached hydrogen (secondary N) is 1. The number of aromatic nitrogens is 3. The van der Waals surface area contributed by atoms with Gasteiger partial charge in [0.25, 0.3) is 5.89 Å². The van der Waals surface area contributed by atoms with Crippen molar-refractivity contribution in [3.8, 4) is 28.7 Å². The average Bonchev–Trinajstić information content (AvgIpc) is 3.30. The second kappa shape index (κ2) is 9.71. The fraction of sp³-hybridized carbons (Fsp3) is 0.435. The summed E-state index contributed by atoms with van der Waals surface area (Å²) in [4.78, 5) is 6.96. The second-order valence-electron chi connectivity index (χ2n) is 7.74. The molecule has 1 fully saturated rings. The molecule has 1 N–H and O–H groups in total. The van der Waals surface area contributed by atoms with Crippen LogP contribution < -0.4 is 10.1 Å². The number of ether oxygens (including phenoxy) is 1. The fourth-order valence-electron chi connectivity index (χ4n) is 3.96. The molecular formula is C23H29N5O2. The van der Waals surface area contributed by atoms with Gasteiger partial charge in [0.05, 0.1) is 12.7 Å². The van der Waals surface area contributed by atoms with Gasteiger partial charge in [-0.15, -0.1) is 10.2 Å². The minimum Gasteiger partial charge on any atom is -0.497 e. The summed E-state index contributed by atoms with van der Waals surface area (Å²) in [5.74, 6) is 2.48. The van der Waals surface area contributed by atoms with Crippen LogP contribution in [0.3, 0.4) is 0 Å². The first kappa shape index (κ1) is 20.3. The van der Waals surface area contributed by atoms with Crippen LogP contribution in [0.1, 0.15) is 32.1 Å². The second-order valence-corrected chi connectivity index (χ2v) is 7.74. The molecule has 1 aliphatic rings. The topological polar surface area (TPSA) is 76.3 Å². The molecule has 0 saturated heterocycles. The van der Waals surface area contributed by atoms with Gasteiger partial charge in [-0.1, -0.05) is 19.3 Å². The Morgan fingerprint density at radius 3 is 2.60 bits per heavy atom. The summed E-state index contributed by atoms with van der Waals surface area (Å²) in [6.45, 7) is 1.79. The minimum atomic E-state index is 0.456. The van der Waals surface area contributed by atoms with Gasteiger partial charge in [-0.05, 0) is 56.3 Å². The van der Waals surface area contributed by atoms with Gasteiger partial charge in [-0.2, -0.15) is 0 Å². The predicted octanol–water partition coefficient (Wildman–Crippen LogP) is 4.48. The Balaban J connectivity index is 1.42. The molecule has 0 bridgehead atoms. The quantitative estimate of drug-likeness (QED) is 0.590. The standard InChI is InChI=1S/C23H29N5O2/c1-28(18-7-4-3-5-8-18)16-15-25-21-20(9-6-14-24-21)23-27-26-22(30-23)17-10-12-19(29-2)13-11-17/h6,9-14,18H,3-5,7-8,15-16H2,1-2H3,(H,24,25). The SMILES string of the molecule is COc1ccc(-c2nnc(-c3cccnc3NCCN(C)C3CCCCC3)o2)cc1. The molecule has 4 rings (SSSR count). The molecule has 2 aromatic heterocycles. The Labute approximate surface area is 177 Å². The average molecular weight is 408 g/mol. The van der Waals surface area contributed by atoms with E-state index in [4.69, 9.17) is 9.15 Å². The van der Waals surface area contributed by atoms with Gasteiger partial charge in [0.2, 0.25) is 5.89 Å². The Morgan fingerprint density at radius 2 is 1.83 bits per heavy atom. The highest BCUT2D eigenvalue weighted by molar-refractivity contribution is 5.69. The largest absolute Gasteiger partial charge is 0.497 e. The number of nitrogens with zero attached hydrogens (tertiary/aromatic N) is 4. The van der Waals surface area contributed by atoms with Crippen LogP contribution in [0.15, 0.2) is 47.0 Å². The third-order valence-corrected chi connectivity index (χ3v) is 5.76. The Kier molecular flexibility index (Phi) is 6.59. The van der Waals surface area contributed by atoms with Crippen molar-refractivity contribution in [3.05, 3.63) is 42.6 Å². The van der Waals surface area contributed by atoms with Crippen LogP contribution >= 0.6 is 0 Å². The molecule has 1 aromatic carbocycles. The highest BCUT2D eigenvalue weighted by atomic mass is 16.5. The summed E-state index contributed by atoms with van der Waals surface area (Å²) < 4.78 is 11.1. The van der Waals surface area contributed by atoms with E-state index in [9.17, 15) is 0 Å².